The molecule has 4 rings (SSSR count). The predicted octanol–water partition coefficient (Wildman–Crippen LogP) is 5.47. The van der Waals surface area contributed by atoms with Crippen LogP contribution in [0, 0.1) is 6.92 Å². The van der Waals surface area contributed by atoms with Gasteiger partial charge in [-0.15, -0.1) is 0 Å². The summed E-state index contributed by atoms with van der Waals surface area (Å²) in [5.74, 6) is 0.289. The Kier molecular flexibility index (Phi) is 8.23. The largest absolute Gasteiger partial charge is 0.444 e. The molecule has 1 aliphatic heterocycles. The maximum atomic E-state index is 13.2. The fourth-order valence-corrected chi connectivity index (χ4v) is 4.51. The third-order valence-corrected chi connectivity index (χ3v) is 6.75. The van der Waals surface area contributed by atoms with Crippen molar-refractivity contribution in [3.63, 3.8) is 0 Å². The van der Waals surface area contributed by atoms with E-state index in [1.165, 1.54) is 5.56 Å². The number of anilines is 1. The quantitative estimate of drug-likeness (QED) is 0.488. The third kappa shape index (κ3) is 6.55. The smallest absolute Gasteiger partial charge is 0.411 e. The standard InChI is InChI=1S/C30H33N3O4/c1-21-9-10-26(19-27(21)31-30(36)37-20-22-7-5-4-6-8-22)29(35)33-17-15-24(16-18-33)23-11-13-25(14-12-23)28(34)32(2)3/h4-14,19,24H,15-18,20H2,1-3H3,(H,31,36). The van der Waals surface area contributed by atoms with Crippen LogP contribution in [0.15, 0.2) is 72.8 Å². The summed E-state index contributed by atoms with van der Waals surface area (Å²) in [5, 5.41) is 2.77. The lowest BCUT2D eigenvalue weighted by molar-refractivity contribution is 0.0712. The maximum Gasteiger partial charge on any atom is 0.411 e. The second-order valence-corrected chi connectivity index (χ2v) is 9.60. The molecule has 0 radical (unpaired) electrons. The number of aryl methyl sites for hydroxylation is 1. The Balaban J connectivity index is 1.33. The zero-order valence-electron chi connectivity index (χ0n) is 21.6. The minimum absolute atomic E-state index is 0.0108. The van der Waals surface area contributed by atoms with Crippen LogP contribution in [0.5, 0.6) is 0 Å². The molecule has 0 bridgehead atoms. The molecule has 1 N–H and O–H groups in total. The Hall–Kier alpha value is -4.13. The molecular formula is C30H33N3O4. The maximum absolute atomic E-state index is 13.2. The van der Waals surface area contributed by atoms with Crippen LogP contribution < -0.4 is 5.32 Å². The average molecular weight is 500 g/mol. The van der Waals surface area contributed by atoms with Crippen LogP contribution in [0.25, 0.3) is 0 Å². The van der Waals surface area contributed by atoms with Gasteiger partial charge in [-0.3, -0.25) is 14.9 Å². The van der Waals surface area contributed by atoms with Crippen LogP contribution in [-0.4, -0.2) is 54.9 Å². The molecule has 3 aromatic carbocycles. The molecule has 0 unspecified atom stereocenters. The second-order valence-electron chi connectivity index (χ2n) is 9.60. The van der Waals surface area contributed by atoms with E-state index in [0.717, 1.165) is 24.0 Å². The zero-order valence-corrected chi connectivity index (χ0v) is 21.6. The highest BCUT2D eigenvalue weighted by atomic mass is 16.5. The van der Waals surface area contributed by atoms with Crippen LogP contribution in [0.3, 0.4) is 0 Å². The Morgan fingerprint density at radius 2 is 1.57 bits per heavy atom. The highest BCUT2D eigenvalue weighted by Crippen LogP contribution is 2.29. The lowest BCUT2D eigenvalue weighted by Gasteiger charge is -2.32. The number of nitrogens with one attached hydrogen (secondary N) is 1. The van der Waals surface area contributed by atoms with Crippen molar-refractivity contribution in [2.75, 3.05) is 32.5 Å². The highest BCUT2D eigenvalue weighted by Gasteiger charge is 2.25. The van der Waals surface area contributed by atoms with Gasteiger partial charge < -0.3 is 14.5 Å². The number of rotatable bonds is 6. The van der Waals surface area contributed by atoms with Crippen LogP contribution in [0.2, 0.25) is 0 Å². The summed E-state index contributed by atoms with van der Waals surface area (Å²) < 4.78 is 5.32. The minimum atomic E-state index is -0.560. The molecule has 3 amide bonds. The Morgan fingerprint density at radius 3 is 2.22 bits per heavy atom. The topological polar surface area (TPSA) is 79.0 Å². The molecule has 192 valence electrons. The van der Waals surface area contributed by atoms with E-state index >= 15 is 0 Å². The summed E-state index contributed by atoms with van der Waals surface area (Å²) in [6, 6.07) is 22.6. The van der Waals surface area contributed by atoms with Crippen molar-refractivity contribution >= 4 is 23.6 Å². The fraction of sp³-hybridized carbons (Fsp3) is 0.300. The molecule has 3 aromatic rings. The van der Waals surface area contributed by atoms with E-state index in [2.05, 4.69) is 5.32 Å². The van der Waals surface area contributed by atoms with Crippen molar-refractivity contribution in [3.05, 3.63) is 101 Å². The van der Waals surface area contributed by atoms with Crippen molar-refractivity contribution in [3.8, 4) is 0 Å². The number of ether oxygens (including phenoxy) is 1. The summed E-state index contributed by atoms with van der Waals surface area (Å²) in [5.41, 5.74) is 4.72. The highest BCUT2D eigenvalue weighted by molar-refractivity contribution is 5.97. The number of hydrogen-bond donors (Lipinski definition) is 1. The lowest BCUT2D eigenvalue weighted by atomic mass is 9.88. The summed E-state index contributed by atoms with van der Waals surface area (Å²) in [4.78, 5) is 41.1. The van der Waals surface area contributed by atoms with Crippen molar-refractivity contribution in [2.45, 2.75) is 32.3 Å². The van der Waals surface area contributed by atoms with E-state index in [-0.39, 0.29) is 18.4 Å². The Bertz CT molecular complexity index is 1250. The van der Waals surface area contributed by atoms with Gasteiger partial charge in [-0.2, -0.15) is 0 Å². The molecule has 0 atom stereocenters. The zero-order chi connectivity index (χ0) is 26.4. The number of nitrogens with zero attached hydrogens (tertiary/aromatic N) is 2. The van der Waals surface area contributed by atoms with E-state index in [4.69, 9.17) is 4.74 Å². The van der Waals surface area contributed by atoms with Gasteiger partial charge in [0.05, 0.1) is 0 Å². The van der Waals surface area contributed by atoms with Crippen molar-refractivity contribution in [1.82, 2.24) is 9.80 Å². The van der Waals surface area contributed by atoms with Crippen molar-refractivity contribution < 1.29 is 19.1 Å². The normalized spacial score (nSPS) is 13.6. The molecule has 7 nitrogen and oxygen atoms in total. The summed E-state index contributed by atoms with van der Waals surface area (Å²) >= 11 is 0. The molecule has 7 heteroatoms. The van der Waals surface area contributed by atoms with Gasteiger partial charge in [-0.25, -0.2) is 4.79 Å². The van der Waals surface area contributed by atoms with E-state index in [1.54, 1.807) is 31.1 Å². The lowest BCUT2D eigenvalue weighted by Crippen LogP contribution is -2.38. The summed E-state index contributed by atoms with van der Waals surface area (Å²) in [7, 11) is 3.49. The van der Waals surface area contributed by atoms with Gasteiger partial charge in [-0.05, 0) is 66.6 Å². The summed E-state index contributed by atoms with van der Waals surface area (Å²) in [6.45, 7) is 3.35. The van der Waals surface area contributed by atoms with Crippen molar-refractivity contribution in [1.29, 1.82) is 0 Å². The molecule has 37 heavy (non-hydrogen) atoms. The summed E-state index contributed by atoms with van der Waals surface area (Å²) in [6.07, 6.45) is 1.15. The van der Waals surface area contributed by atoms with E-state index in [9.17, 15) is 14.4 Å². The van der Waals surface area contributed by atoms with Crippen LogP contribution in [-0.2, 0) is 11.3 Å². The predicted molar refractivity (Wildman–Crippen MR) is 144 cm³/mol. The number of piperidine rings is 1. The number of carbonyl (C=O) groups excluding carboxylic acids is 3. The first-order valence-corrected chi connectivity index (χ1v) is 12.5. The molecule has 0 saturated carbocycles. The molecule has 1 saturated heterocycles. The van der Waals surface area contributed by atoms with E-state index in [1.807, 2.05) is 72.5 Å². The fourth-order valence-electron chi connectivity index (χ4n) is 4.51. The van der Waals surface area contributed by atoms with Gasteiger partial charge in [0, 0.05) is 44.0 Å². The van der Waals surface area contributed by atoms with Crippen LogP contribution in [0.4, 0.5) is 10.5 Å². The first-order chi connectivity index (χ1) is 17.8. The van der Waals surface area contributed by atoms with Gasteiger partial charge in [0.15, 0.2) is 0 Å². The average Bonchev–Trinajstić information content (AvgIpc) is 2.93. The van der Waals surface area contributed by atoms with Gasteiger partial charge in [0.25, 0.3) is 11.8 Å². The first kappa shape index (κ1) is 25.9. The Morgan fingerprint density at radius 1 is 0.919 bits per heavy atom. The van der Waals surface area contributed by atoms with Crippen LogP contribution in [0.1, 0.15) is 56.2 Å². The van der Waals surface area contributed by atoms with Gasteiger partial charge in [0.2, 0.25) is 0 Å². The van der Waals surface area contributed by atoms with E-state index < -0.39 is 6.09 Å². The number of carbonyl (C=O) groups is 3. The first-order valence-electron chi connectivity index (χ1n) is 12.5. The minimum Gasteiger partial charge on any atom is -0.444 e. The molecule has 1 heterocycles. The molecule has 0 spiro atoms. The molecule has 0 aliphatic carbocycles. The van der Waals surface area contributed by atoms with Crippen LogP contribution >= 0.6 is 0 Å². The van der Waals surface area contributed by atoms with Gasteiger partial charge in [0.1, 0.15) is 6.61 Å². The molecule has 1 fully saturated rings. The van der Waals surface area contributed by atoms with Gasteiger partial charge in [-0.1, -0.05) is 48.5 Å². The number of amides is 3. The Labute approximate surface area is 218 Å². The molecular weight excluding hydrogens is 466 g/mol. The van der Waals surface area contributed by atoms with Crippen molar-refractivity contribution in [2.24, 2.45) is 0 Å². The number of likely N-dealkylation sites (tertiary alicyclic amines) is 1. The monoisotopic (exact) mass is 499 g/mol. The van der Waals surface area contributed by atoms with Gasteiger partial charge >= 0.3 is 6.09 Å². The SMILES string of the molecule is Cc1ccc(C(=O)N2CCC(c3ccc(C(=O)N(C)C)cc3)CC2)cc1NC(=O)OCc1ccccc1. The molecule has 0 aromatic heterocycles. The molecule has 1 aliphatic rings. The number of hydrogen-bond acceptors (Lipinski definition) is 4. The second kappa shape index (κ2) is 11.7. The number of benzene rings is 3. The van der Waals surface area contributed by atoms with E-state index in [0.29, 0.717) is 35.8 Å². The third-order valence-electron chi connectivity index (χ3n) is 6.75.